The predicted octanol–water partition coefficient (Wildman–Crippen LogP) is 1.66. The average molecular weight is 239 g/mol. The Labute approximate surface area is 107 Å². The molecule has 0 bridgehead atoms. The molecule has 0 aromatic carbocycles. The SMILES string of the molecule is CC1CC(C)CC(C[NH+]2CCC(C)CC2N)C1. The van der Waals surface area contributed by atoms with Gasteiger partial charge >= 0.3 is 0 Å². The Balaban J connectivity index is 1.83. The number of piperidine rings is 1. The third-order valence-corrected chi connectivity index (χ3v) is 4.97. The first-order chi connectivity index (χ1) is 8.04. The quantitative estimate of drug-likeness (QED) is 0.754. The molecule has 2 rings (SSSR count). The lowest BCUT2D eigenvalue weighted by atomic mass is 9.76. The Hall–Kier alpha value is -0.0800. The van der Waals surface area contributed by atoms with Crippen LogP contribution < -0.4 is 10.6 Å². The second kappa shape index (κ2) is 5.71. The topological polar surface area (TPSA) is 30.5 Å². The minimum Gasteiger partial charge on any atom is -0.320 e. The summed E-state index contributed by atoms with van der Waals surface area (Å²) in [7, 11) is 0. The third-order valence-electron chi connectivity index (χ3n) is 4.97. The minimum absolute atomic E-state index is 0.409. The number of hydrogen-bond donors (Lipinski definition) is 2. The van der Waals surface area contributed by atoms with Gasteiger partial charge in [0.05, 0.1) is 13.1 Å². The molecule has 2 aliphatic rings. The predicted molar refractivity (Wildman–Crippen MR) is 72.7 cm³/mol. The second-order valence-corrected chi connectivity index (χ2v) is 7.13. The van der Waals surface area contributed by atoms with Crippen molar-refractivity contribution in [3.8, 4) is 0 Å². The first kappa shape index (κ1) is 13.4. The fraction of sp³-hybridized carbons (Fsp3) is 1.00. The van der Waals surface area contributed by atoms with E-state index in [1.54, 1.807) is 4.90 Å². The highest BCUT2D eigenvalue weighted by Crippen LogP contribution is 2.32. The minimum atomic E-state index is 0.409. The highest BCUT2D eigenvalue weighted by atomic mass is 15.2. The van der Waals surface area contributed by atoms with Gasteiger partial charge < -0.3 is 4.90 Å². The van der Waals surface area contributed by atoms with Gasteiger partial charge in [-0.25, -0.2) is 0 Å². The van der Waals surface area contributed by atoms with Crippen LogP contribution in [0.3, 0.4) is 0 Å². The fourth-order valence-electron chi connectivity index (χ4n) is 4.24. The van der Waals surface area contributed by atoms with E-state index in [1.165, 1.54) is 45.2 Å². The molecule has 0 aromatic heterocycles. The molecule has 17 heavy (non-hydrogen) atoms. The van der Waals surface area contributed by atoms with Gasteiger partial charge in [-0.15, -0.1) is 0 Å². The molecule has 2 heteroatoms. The van der Waals surface area contributed by atoms with Crippen molar-refractivity contribution in [1.82, 2.24) is 0 Å². The van der Waals surface area contributed by atoms with Crippen molar-refractivity contribution >= 4 is 0 Å². The van der Waals surface area contributed by atoms with Crippen molar-refractivity contribution in [3.63, 3.8) is 0 Å². The van der Waals surface area contributed by atoms with E-state index in [2.05, 4.69) is 20.8 Å². The van der Waals surface area contributed by atoms with Crippen LogP contribution in [0.1, 0.15) is 52.9 Å². The number of likely N-dealkylation sites (tertiary alicyclic amines) is 1. The summed E-state index contributed by atoms with van der Waals surface area (Å²) in [5.74, 6) is 3.65. The van der Waals surface area contributed by atoms with E-state index in [9.17, 15) is 0 Å². The number of nitrogens with two attached hydrogens (primary N) is 1. The lowest BCUT2D eigenvalue weighted by Crippen LogP contribution is -3.19. The fourth-order valence-corrected chi connectivity index (χ4v) is 4.24. The molecule has 1 saturated heterocycles. The molecular formula is C15H31N2+. The molecule has 5 atom stereocenters. The molecule has 0 radical (unpaired) electrons. The number of quaternary nitrogens is 1. The zero-order chi connectivity index (χ0) is 12.4. The van der Waals surface area contributed by atoms with Gasteiger partial charge in [-0.1, -0.05) is 20.8 Å². The van der Waals surface area contributed by atoms with Crippen LogP contribution in [0.25, 0.3) is 0 Å². The van der Waals surface area contributed by atoms with Crippen LogP contribution in [0.15, 0.2) is 0 Å². The van der Waals surface area contributed by atoms with Gasteiger partial charge in [0.15, 0.2) is 0 Å². The summed E-state index contributed by atoms with van der Waals surface area (Å²) in [6.45, 7) is 9.85. The summed E-state index contributed by atoms with van der Waals surface area (Å²) in [5.41, 5.74) is 6.32. The maximum Gasteiger partial charge on any atom is 0.139 e. The first-order valence-corrected chi connectivity index (χ1v) is 7.64. The van der Waals surface area contributed by atoms with Gasteiger partial charge in [0, 0.05) is 12.3 Å². The van der Waals surface area contributed by atoms with E-state index in [0.717, 1.165) is 23.7 Å². The van der Waals surface area contributed by atoms with E-state index in [1.807, 2.05) is 0 Å². The molecule has 0 spiro atoms. The molecular weight excluding hydrogens is 208 g/mol. The van der Waals surface area contributed by atoms with E-state index >= 15 is 0 Å². The summed E-state index contributed by atoms with van der Waals surface area (Å²) in [4.78, 5) is 1.69. The van der Waals surface area contributed by atoms with Crippen molar-refractivity contribution < 1.29 is 4.90 Å². The van der Waals surface area contributed by atoms with Gasteiger partial charge in [0.2, 0.25) is 0 Å². The van der Waals surface area contributed by atoms with Crippen LogP contribution in [0.4, 0.5) is 0 Å². The molecule has 100 valence electrons. The van der Waals surface area contributed by atoms with Crippen LogP contribution >= 0.6 is 0 Å². The standard InChI is InChI=1S/C15H30N2/c1-11-4-5-17(15(16)9-11)10-14-7-12(2)6-13(3)8-14/h11-15H,4-10,16H2,1-3H3/p+1. The normalized spacial score (nSPS) is 48.0. The van der Waals surface area contributed by atoms with Gasteiger partial charge in [-0.05, 0) is 43.4 Å². The maximum absolute atomic E-state index is 6.32. The van der Waals surface area contributed by atoms with E-state index in [4.69, 9.17) is 5.73 Å². The van der Waals surface area contributed by atoms with E-state index in [-0.39, 0.29) is 0 Å². The molecule has 5 unspecified atom stereocenters. The van der Waals surface area contributed by atoms with Crippen LogP contribution in [0, 0.1) is 23.7 Å². The number of nitrogens with one attached hydrogen (secondary N) is 1. The Morgan fingerprint density at radius 1 is 0.941 bits per heavy atom. The first-order valence-electron chi connectivity index (χ1n) is 7.64. The van der Waals surface area contributed by atoms with Crippen LogP contribution in [-0.2, 0) is 0 Å². The maximum atomic E-state index is 6.32. The summed E-state index contributed by atoms with van der Waals surface area (Å²) in [6, 6.07) is 0. The number of hydrogen-bond acceptors (Lipinski definition) is 1. The summed E-state index contributed by atoms with van der Waals surface area (Å²) < 4.78 is 0. The van der Waals surface area contributed by atoms with Crippen LogP contribution in [0.2, 0.25) is 0 Å². The molecule has 1 aliphatic heterocycles. The van der Waals surface area contributed by atoms with E-state index < -0.39 is 0 Å². The van der Waals surface area contributed by atoms with Gasteiger partial charge in [-0.2, -0.15) is 0 Å². The third kappa shape index (κ3) is 3.69. The highest BCUT2D eigenvalue weighted by Gasteiger charge is 2.32. The van der Waals surface area contributed by atoms with Gasteiger partial charge in [-0.3, -0.25) is 5.73 Å². The summed E-state index contributed by atoms with van der Waals surface area (Å²) >= 11 is 0. The summed E-state index contributed by atoms with van der Waals surface area (Å²) in [5, 5.41) is 0. The van der Waals surface area contributed by atoms with Crippen molar-refractivity contribution in [2.45, 2.75) is 59.0 Å². The second-order valence-electron chi connectivity index (χ2n) is 7.13. The molecule has 1 aliphatic carbocycles. The van der Waals surface area contributed by atoms with Gasteiger partial charge in [0.1, 0.15) is 6.17 Å². The van der Waals surface area contributed by atoms with Crippen molar-refractivity contribution in [2.24, 2.45) is 29.4 Å². The summed E-state index contributed by atoms with van der Waals surface area (Å²) in [6.07, 6.45) is 7.33. The molecule has 1 saturated carbocycles. The molecule has 0 amide bonds. The zero-order valence-corrected chi connectivity index (χ0v) is 11.9. The Kier molecular flexibility index (Phi) is 4.48. The zero-order valence-electron chi connectivity index (χ0n) is 11.9. The average Bonchev–Trinajstić information content (AvgIpc) is 2.21. The smallest absolute Gasteiger partial charge is 0.139 e. The van der Waals surface area contributed by atoms with Crippen molar-refractivity contribution in [3.05, 3.63) is 0 Å². The lowest BCUT2D eigenvalue weighted by molar-refractivity contribution is -0.935. The van der Waals surface area contributed by atoms with Gasteiger partial charge in [0.25, 0.3) is 0 Å². The Morgan fingerprint density at radius 3 is 2.18 bits per heavy atom. The Morgan fingerprint density at radius 2 is 1.59 bits per heavy atom. The highest BCUT2D eigenvalue weighted by molar-refractivity contribution is 4.75. The number of rotatable bonds is 2. The molecule has 2 fully saturated rings. The monoisotopic (exact) mass is 239 g/mol. The Bertz CT molecular complexity index is 231. The molecule has 3 N–H and O–H groups in total. The van der Waals surface area contributed by atoms with Crippen molar-refractivity contribution in [2.75, 3.05) is 13.1 Å². The molecule has 1 heterocycles. The lowest BCUT2D eigenvalue weighted by Gasteiger charge is -2.38. The largest absolute Gasteiger partial charge is 0.320 e. The van der Waals surface area contributed by atoms with Crippen LogP contribution in [-0.4, -0.2) is 19.3 Å². The van der Waals surface area contributed by atoms with E-state index in [0.29, 0.717) is 6.17 Å². The molecule has 2 nitrogen and oxygen atoms in total. The van der Waals surface area contributed by atoms with Crippen LogP contribution in [0.5, 0.6) is 0 Å². The van der Waals surface area contributed by atoms with Crippen molar-refractivity contribution in [1.29, 1.82) is 0 Å². The molecule has 0 aromatic rings.